The number of esters is 2. The van der Waals surface area contributed by atoms with Gasteiger partial charge in [0.25, 0.3) is 5.79 Å². The fourth-order valence-corrected chi connectivity index (χ4v) is 2.68. The summed E-state index contributed by atoms with van der Waals surface area (Å²) in [6.07, 6.45) is -1.01. The number of carbonyl (C=O) groups is 4. The Bertz CT molecular complexity index is 791. The van der Waals surface area contributed by atoms with E-state index in [9.17, 15) is 23.6 Å². The van der Waals surface area contributed by atoms with E-state index in [-0.39, 0.29) is 6.42 Å². The first-order valence-electron chi connectivity index (χ1n) is 9.01. The van der Waals surface area contributed by atoms with Crippen molar-refractivity contribution >= 4 is 23.8 Å². The second-order valence-corrected chi connectivity index (χ2v) is 8.11. The molecule has 1 N–H and O–H groups in total. The van der Waals surface area contributed by atoms with Crippen LogP contribution in [0.3, 0.4) is 0 Å². The number of amides is 1. The smallest absolute Gasteiger partial charge is 0.408 e. The highest BCUT2D eigenvalue weighted by Crippen LogP contribution is 2.25. The lowest BCUT2D eigenvalue weighted by Crippen LogP contribution is -2.55. The molecule has 1 unspecified atom stereocenters. The highest BCUT2D eigenvalue weighted by Gasteiger charge is 2.49. The first kappa shape index (κ1) is 22.3. The number of ether oxygens (including phenoxy) is 3. The van der Waals surface area contributed by atoms with Crippen molar-refractivity contribution in [1.29, 1.82) is 0 Å². The first-order chi connectivity index (χ1) is 13.3. The summed E-state index contributed by atoms with van der Waals surface area (Å²) in [5.74, 6) is -6.85. The van der Waals surface area contributed by atoms with Crippen LogP contribution in [0.2, 0.25) is 0 Å². The number of alkyl carbamates (subject to hydrolysis) is 1. The Labute approximate surface area is 167 Å². The van der Waals surface area contributed by atoms with Gasteiger partial charge in [-0.05, 0) is 44.9 Å². The zero-order chi connectivity index (χ0) is 22.0. The predicted molar refractivity (Wildman–Crippen MR) is 98.0 cm³/mol. The normalized spacial score (nSPS) is 17.7. The molecule has 0 saturated carbocycles. The number of hydrogen-bond acceptors (Lipinski definition) is 7. The number of halogens is 1. The summed E-state index contributed by atoms with van der Waals surface area (Å²) in [6, 6.07) is 3.92. The molecule has 0 aliphatic carbocycles. The summed E-state index contributed by atoms with van der Waals surface area (Å²) in [4.78, 5) is 49.6. The number of Topliss-reactive ketones (excluding diaryl/α,β-unsaturated/α-hetero) is 1. The highest BCUT2D eigenvalue weighted by molar-refractivity contribution is 6.17. The molecular formula is C20H24FNO7. The second-order valence-electron chi connectivity index (χ2n) is 8.11. The van der Waals surface area contributed by atoms with Crippen LogP contribution in [-0.4, -0.2) is 41.2 Å². The molecule has 1 aromatic rings. The van der Waals surface area contributed by atoms with Gasteiger partial charge in [0, 0.05) is 13.8 Å². The molecule has 9 heteroatoms. The third-order valence-corrected chi connectivity index (χ3v) is 3.84. The molecule has 158 valence electrons. The maximum absolute atomic E-state index is 13.2. The van der Waals surface area contributed by atoms with Crippen LogP contribution >= 0.6 is 0 Å². The number of nitrogens with one attached hydrogen (secondary N) is 1. The van der Waals surface area contributed by atoms with Gasteiger partial charge in [-0.15, -0.1) is 0 Å². The molecule has 1 atom stereocenters. The largest absolute Gasteiger partial charge is 0.444 e. The van der Waals surface area contributed by atoms with Crippen LogP contribution in [-0.2, 0) is 35.0 Å². The maximum atomic E-state index is 13.2. The van der Waals surface area contributed by atoms with Gasteiger partial charge in [0.2, 0.25) is 5.92 Å². The van der Waals surface area contributed by atoms with Crippen LogP contribution in [0.15, 0.2) is 24.3 Å². The van der Waals surface area contributed by atoms with Gasteiger partial charge in [0.1, 0.15) is 11.4 Å². The minimum Gasteiger partial charge on any atom is -0.444 e. The first-order valence-corrected chi connectivity index (χ1v) is 9.01. The van der Waals surface area contributed by atoms with Crippen LogP contribution in [0.25, 0.3) is 0 Å². The van der Waals surface area contributed by atoms with Crippen molar-refractivity contribution in [2.75, 3.05) is 0 Å². The lowest BCUT2D eigenvalue weighted by molar-refractivity contribution is -0.238. The molecule has 1 heterocycles. The quantitative estimate of drug-likeness (QED) is 0.587. The number of rotatable bonds is 5. The van der Waals surface area contributed by atoms with E-state index in [1.807, 2.05) is 0 Å². The molecule has 2 rings (SSSR count). The van der Waals surface area contributed by atoms with Gasteiger partial charge in [-0.1, -0.05) is 12.1 Å². The zero-order valence-electron chi connectivity index (χ0n) is 16.9. The van der Waals surface area contributed by atoms with E-state index in [1.165, 1.54) is 38.1 Å². The summed E-state index contributed by atoms with van der Waals surface area (Å²) in [7, 11) is 0. The Morgan fingerprint density at radius 1 is 1.14 bits per heavy atom. The van der Waals surface area contributed by atoms with E-state index in [0.717, 1.165) is 0 Å². The molecular weight excluding hydrogens is 385 g/mol. The molecule has 1 saturated heterocycles. The minimum atomic E-state index is -1.84. The molecule has 1 aromatic carbocycles. The highest BCUT2D eigenvalue weighted by atomic mass is 19.1. The fraction of sp³-hybridized carbons (Fsp3) is 0.500. The van der Waals surface area contributed by atoms with E-state index in [2.05, 4.69) is 5.32 Å². The van der Waals surface area contributed by atoms with Crippen LogP contribution in [0.4, 0.5) is 9.18 Å². The zero-order valence-corrected chi connectivity index (χ0v) is 16.9. The van der Waals surface area contributed by atoms with E-state index < -0.39 is 53.0 Å². The molecule has 8 nitrogen and oxygen atoms in total. The van der Waals surface area contributed by atoms with E-state index in [0.29, 0.717) is 5.56 Å². The Balaban J connectivity index is 2.26. The lowest BCUT2D eigenvalue weighted by Gasteiger charge is -2.33. The van der Waals surface area contributed by atoms with Crippen molar-refractivity contribution in [1.82, 2.24) is 5.32 Å². The number of cyclic esters (lactones) is 2. The monoisotopic (exact) mass is 409 g/mol. The summed E-state index contributed by atoms with van der Waals surface area (Å²) in [5, 5.41) is 2.38. The van der Waals surface area contributed by atoms with Crippen LogP contribution in [0.1, 0.15) is 40.2 Å². The van der Waals surface area contributed by atoms with Gasteiger partial charge in [-0.3, -0.25) is 14.4 Å². The molecule has 29 heavy (non-hydrogen) atoms. The average molecular weight is 409 g/mol. The molecule has 1 aliphatic heterocycles. The van der Waals surface area contributed by atoms with Crippen molar-refractivity contribution < 1.29 is 37.8 Å². The molecule has 0 spiro atoms. The topological polar surface area (TPSA) is 108 Å². The van der Waals surface area contributed by atoms with Gasteiger partial charge in [-0.25, -0.2) is 9.18 Å². The minimum absolute atomic E-state index is 0.0984. The van der Waals surface area contributed by atoms with Gasteiger partial charge in [0.15, 0.2) is 5.78 Å². The molecule has 0 radical (unpaired) electrons. The van der Waals surface area contributed by atoms with Gasteiger partial charge in [-0.2, -0.15) is 0 Å². The van der Waals surface area contributed by atoms with Crippen molar-refractivity contribution in [2.45, 2.75) is 58.5 Å². The number of hydrogen-bond donors (Lipinski definition) is 1. The van der Waals surface area contributed by atoms with Crippen molar-refractivity contribution in [3.8, 4) is 0 Å². The van der Waals surface area contributed by atoms with Crippen LogP contribution < -0.4 is 5.32 Å². The number of carbonyl (C=O) groups excluding carboxylic acids is 4. The molecule has 1 amide bonds. The fourth-order valence-electron chi connectivity index (χ4n) is 2.68. The Hall–Kier alpha value is -2.97. The molecule has 1 aliphatic rings. The summed E-state index contributed by atoms with van der Waals surface area (Å²) in [6.45, 7) is 7.64. The Kier molecular flexibility index (Phi) is 6.30. The molecule has 0 bridgehead atoms. The summed E-state index contributed by atoms with van der Waals surface area (Å²) in [5.41, 5.74) is -0.334. The van der Waals surface area contributed by atoms with E-state index in [1.54, 1.807) is 20.8 Å². The third-order valence-electron chi connectivity index (χ3n) is 3.84. The molecule has 1 fully saturated rings. The third kappa shape index (κ3) is 6.27. The van der Waals surface area contributed by atoms with Crippen LogP contribution in [0, 0.1) is 11.7 Å². The number of ketones is 1. The molecule has 0 aromatic heterocycles. The maximum Gasteiger partial charge on any atom is 0.408 e. The number of benzene rings is 1. The predicted octanol–water partition coefficient (Wildman–Crippen LogP) is 2.28. The standard InChI is InChI=1S/C20H24FNO7/c1-19(2,3)29-18(26)22-13(10-11-6-8-12(21)9-7-11)15(23)14-16(24)27-20(4,5)28-17(14)25/h6-9,13-14H,10H2,1-5H3,(H,22,26). The second kappa shape index (κ2) is 8.18. The van der Waals surface area contributed by atoms with Crippen molar-refractivity contribution in [3.05, 3.63) is 35.6 Å². The summed E-state index contributed by atoms with van der Waals surface area (Å²) >= 11 is 0. The SMILES string of the molecule is CC(C)(C)OC(=O)NC(Cc1ccc(F)cc1)C(=O)C1C(=O)OC(C)(C)OC1=O. The average Bonchev–Trinajstić information content (AvgIpc) is 2.52. The van der Waals surface area contributed by atoms with E-state index in [4.69, 9.17) is 14.2 Å². The van der Waals surface area contributed by atoms with Gasteiger partial charge >= 0.3 is 18.0 Å². The lowest BCUT2D eigenvalue weighted by atomic mass is 9.92. The van der Waals surface area contributed by atoms with E-state index >= 15 is 0 Å². The Morgan fingerprint density at radius 3 is 2.14 bits per heavy atom. The van der Waals surface area contributed by atoms with Crippen molar-refractivity contribution in [2.24, 2.45) is 5.92 Å². The van der Waals surface area contributed by atoms with Crippen LogP contribution in [0.5, 0.6) is 0 Å². The van der Waals surface area contributed by atoms with Gasteiger partial charge in [0.05, 0.1) is 6.04 Å². The van der Waals surface area contributed by atoms with Gasteiger partial charge < -0.3 is 19.5 Å². The van der Waals surface area contributed by atoms with Crippen molar-refractivity contribution in [3.63, 3.8) is 0 Å². The Morgan fingerprint density at radius 2 is 1.66 bits per heavy atom. The summed E-state index contributed by atoms with van der Waals surface area (Å²) < 4.78 is 28.3.